The predicted molar refractivity (Wildman–Crippen MR) is 96.3 cm³/mol. The number of aliphatic hydroxyl groups is 3. The Labute approximate surface area is 155 Å². The Kier molecular flexibility index (Phi) is 10.0. The van der Waals surface area contributed by atoms with Gasteiger partial charge in [-0.3, -0.25) is 4.79 Å². The fraction of sp³-hybridized carbons (Fsp3) is 0.737. The van der Waals surface area contributed by atoms with Gasteiger partial charge in [-0.25, -0.2) is 0 Å². The summed E-state index contributed by atoms with van der Waals surface area (Å²) >= 11 is 0. The summed E-state index contributed by atoms with van der Waals surface area (Å²) in [5.74, 6) is -0.433. The normalized spacial score (nSPS) is 29.3. The number of carbonyl (C=O) groups excluding carboxylic acids is 1. The second-order valence-electron chi connectivity index (χ2n) is 6.85. The van der Waals surface area contributed by atoms with Crippen molar-refractivity contribution in [3.63, 3.8) is 0 Å². The molecule has 150 valence electrons. The highest BCUT2D eigenvalue weighted by Gasteiger charge is 2.44. The fourth-order valence-corrected chi connectivity index (χ4v) is 2.59. The van der Waals surface area contributed by atoms with Crippen LogP contribution in [0.2, 0.25) is 0 Å². The van der Waals surface area contributed by atoms with Crippen molar-refractivity contribution in [3.8, 4) is 0 Å². The van der Waals surface area contributed by atoms with E-state index >= 15 is 0 Å². The highest BCUT2D eigenvalue weighted by atomic mass is 16.7. The molecule has 5 atom stereocenters. The molecule has 0 aromatic carbocycles. The van der Waals surface area contributed by atoms with Crippen molar-refractivity contribution in [2.24, 2.45) is 0 Å². The van der Waals surface area contributed by atoms with Crippen molar-refractivity contribution < 1.29 is 34.3 Å². The highest BCUT2D eigenvalue weighted by molar-refractivity contribution is 5.65. The van der Waals surface area contributed by atoms with Gasteiger partial charge in [-0.2, -0.15) is 0 Å². The molecule has 7 nitrogen and oxygen atoms in total. The van der Waals surface area contributed by atoms with E-state index in [2.05, 4.69) is 19.9 Å². The lowest BCUT2D eigenvalue weighted by molar-refractivity contribution is -0.295. The first-order valence-electron chi connectivity index (χ1n) is 8.96. The zero-order chi connectivity index (χ0) is 19.7. The molecule has 1 unspecified atom stereocenters. The summed E-state index contributed by atoms with van der Waals surface area (Å²) in [6.45, 7) is 7.68. The number of ether oxygens (including phenoxy) is 3. The quantitative estimate of drug-likeness (QED) is 0.416. The molecule has 0 bridgehead atoms. The molecule has 0 aromatic rings. The maximum Gasteiger partial charge on any atom is 0.302 e. The van der Waals surface area contributed by atoms with E-state index in [1.807, 2.05) is 13.0 Å². The third kappa shape index (κ3) is 7.97. The molecule has 7 heteroatoms. The summed E-state index contributed by atoms with van der Waals surface area (Å²) in [7, 11) is 0. The van der Waals surface area contributed by atoms with Crippen LogP contribution in [0, 0.1) is 0 Å². The largest absolute Gasteiger partial charge is 0.466 e. The Morgan fingerprint density at radius 3 is 2.35 bits per heavy atom. The molecular weight excluding hydrogens is 340 g/mol. The van der Waals surface area contributed by atoms with Crippen molar-refractivity contribution in [2.75, 3.05) is 13.2 Å². The molecule has 0 aromatic heterocycles. The van der Waals surface area contributed by atoms with Crippen LogP contribution in [0.25, 0.3) is 0 Å². The average Bonchev–Trinajstić information content (AvgIpc) is 2.55. The minimum atomic E-state index is -1.39. The van der Waals surface area contributed by atoms with Crippen molar-refractivity contribution >= 4 is 5.97 Å². The Bertz CT molecular complexity index is 496. The molecule has 1 rings (SSSR count). The van der Waals surface area contributed by atoms with Crippen LogP contribution in [0.3, 0.4) is 0 Å². The average molecular weight is 372 g/mol. The molecule has 1 aliphatic heterocycles. The minimum absolute atomic E-state index is 0.0516. The molecule has 26 heavy (non-hydrogen) atoms. The SMILES string of the molecule is CC(=O)OCC[C@H]1OC(OC/C=C(\C)CCC=C(C)C)[C@H](O)[C@@H](O)[C@@H]1O. The van der Waals surface area contributed by atoms with E-state index in [4.69, 9.17) is 14.2 Å². The third-order valence-electron chi connectivity index (χ3n) is 4.16. The van der Waals surface area contributed by atoms with Crippen LogP contribution in [0.15, 0.2) is 23.3 Å². The van der Waals surface area contributed by atoms with Crippen LogP contribution in [-0.4, -0.2) is 65.2 Å². The Balaban J connectivity index is 2.50. The maximum atomic E-state index is 10.8. The molecular formula is C19H32O7. The van der Waals surface area contributed by atoms with Gasteiger partial charge in [0.2, 0.25) is 0 Å². The van der Waals surface area contributed by atoms with Gasteiger partial charge < -0.3 is 29.5 Å². The number of allylic oxidation sites excluding steroid dienone is 3. The van der Waals surface area contributed by atoms with Crippen molar-refractivity contribution in [1.29, 1.82) is 0 Å². The first-order valence-corrected chi connectivity index (χ1v) is 8.96. The van der Waals surface area contributed by atoms with Crippen molar-refractivity contribution in [1.82, 2.24) is 0 Å². The number of hydrogen-bond acceptors (Lipinski definition) is 7. The standard InChI is InChI=1S/C19H32O7/c1-12(2)6-5-7-13(3)8-10-25-19-18(23)17(22)16(21)15(26-19)9-11-24-14(4)20/h6,8,15-19,21-23H,5,7,9-11H2,1-4H3/b13-8+/t15-,16-,17+,18-,19?/m1/s1. The first kappa shape index (κ1) is 22.8. The summed E-state index contributed by atoms with van der Waals surface area (Å²) in [6.07, 6.45) is 0.262. The summed E-state index contributed by atoms with van der Waals surface area (Å²) in [5, 5.41) is 30.0. The van der Waals surface area contributed by atoms with Gasteiger partial charge in [-0.05, 0) is 33.6 Å². The minimum Gasteiger partial charge on any atom is -0.466 e. The molecule has 1 saturated heterocycles. The van der Waals surface area contributed by atoms with Gasteiger partial charge >= 0.3 is 5.97 Å². The van der Waals surface area contributed by atoms with Crippen molar-refractivity contribution in [2.45, 2.75) is 77.7 Å². The topological polar surface area (TPSA) is 105 Å². The zero-order valence-electron chi connectivity index (χ0n) is 16.1. The third-order valence-corrected chi connectivity index (χ3v) is 4.16. The smallest absolute Gasteiger partial charge is 0.302 e. The van der Waals surface area contributed by atoms with Gasteiger partial charge in [0.25, 0.3) is 0 Å². The molecule has 1 fully saturated rings. The summed E-state index contributed by atoms with van der Waals surface area (Å²) in [6, 6.07) is 0. The van der Waals surface area contributed by atoms with Gasteiger partial charge in [0, 0.05) is 13.3 Å². The Morgan fingerprint density at radius 2 is 1.73 bits per heavy atom. The molecule has 0 aliphatic carbocycles. The second kappa shape index (κ2) is 11.5. The van der Waals surface area contributed by atoms with Gasteiger partial charge in [0.15, 0.2) is 6.29 Å². The van der Waals surface area contributed by atoms with Gasteiger partial charge in [0.05, 0.1) is 19.3 Å². The van der Waals surface area contributed by atoms with E-state index in [0.717, 1.165) is 18.4 Å². The second-order valence-corrected chi connectivity index (χ2v) is 6.85. The summed E-state index contributed by atoms with van der Waals surface area (Å²) in [5.41, 5.74) is 2.43. The number of esters is 1. The molecule has 0 radical (unpaired) electrons. The van der Waals surface area contributed by atoms with Gasteiger partial charge in [-0.1, -0.05) is 23.3 Å². The fourth-order valence-electron chi connectivity index (χ4n) is 2.59. The highest BCUT2D eigenvalue weighted by Crippen LogP contribution is 2.24. The Morgan fingerprint density at radius 1 is 1.04 bits per heavy atom. The van der Waals surface area contributed by atoms with Crippen LogP contribution in [0.4, 0.5) is 0 Å². The first-order chi connectivity index (χ1) is 12.2. The van der Waals surface area contributed by atoms with Gasteiger partial charge in [0.1, 0.15) is 18.3 Å². The Hall–Kier alpha value is -1.25. The summed E-state index contributed by atoms with van der Waals surface area (Å²) in [4.78, 5) is 10.8. The van der Waals surface area contributed by atoms with Crippen LogP contribution in [0.5, 0.6) is 0 Å². The van der Waals surface area contributed by atoms with Crippen LogP contribution in [-0.2, 0) is 19.0 Å². The molecule has 3 N–H and O–H groups in total. The number of hydrogen-bond donors (Lipinski definition) is 3. The van der Waals surface area contributed by atoms with Gasteiger partial charge in [-0.15, -0.1) is 0 Å². The number of aliphatic hydroxyl groups excluding tert-OH is 3. The molecule has 0 spiro atoms. The van der Waals surface area contributed by atoms with E-state index < -0.39 is 36.7 Å². The zero-order valence-corrected chi connectivity index (χ0v) is 16.1. The van der Waals surface area contributed by atoms with Crippen molar-refractivity contribution in [3.05, 3.63) is 23.3 Å². The number of carbonyl (C=O) groups is 1. The van der Waals surface area contributed by atoms with Crippen LogP contribution >= 0.6 is 0 Å². The van der Waals surface area contributed by atoms with Crippen LogP contribution < -0.4 is 0 Å². The lowest BCUT2D eigenvalue weighted by atomic mass is 9.97. The van der Waals surface area contributed by atoms with E-state index in [9.17, 15) is 20.1 Å². The molecule has 1 heterocycles. The van der Waals surface area contributed by atoms with E-state index in [1.54, 1.807) is 0 Å². The van der Waals surface area contributed by atoms with E-state index in [1.165, 1.54) is 12.5 Å². The predicted octanol–water partition coefficient (Wildman–Crippen LogP) is 1.46. The lowest BCUT2D eigenvalue weighted by Crippen LogP contribution is -2.58. The van der Waals surface area contributed by atoms with E-state index in [-0.39, 0.29) is 19.6 Å². The summed E-state index contributed by atoms with van der Waals surface area (Å²) < 4.78 is 15.9. The lowest BCUT2D eigenvalue weighted by Gasteiger charge is -2.40. The maximum absolute atomic E-state index is 10.8. The van der Waals surface area contributed by atoms with Crippen LogP contribution in [0.1, 0.15) is 47.0 Å². The molecule has 1 aliphatic rings. The monoisotopic (exact) mass is 372 g/mol. The van der Waals surface area contributed by atoms with E-state index in [0.29, 0.717) is 0 Å². The number of rotatable bonds is 9. The molecule has 0 amide bonds. The molecule has 0 saturated carbocycles.